The van der Waals surface area contributed by atoms with Crippen molar-refractivity contribution >= 4 is 41.0 Å². The zero-order valence-electron chi connectivity index (χ0n) is 17.9. The van der Waals surface area contributed by atoms with E-state index in [0.29, 0.717) is 39.0 Å². The van der Waals surface area contributed by atoms with Gasteiger partial charge in [0, 0.05) is 17.3 Å². The third kappa shape index (κ3) is 6.54. The molecule has 0 radical (unpaired) electrons. The second-order valence-corrected chi connectivity index (χ2v) is 8.72. The summed E-state index contributed by atoms with van der Waals surface area (Å²) < 4.78 is 7.13. The van der Waals surface area contributed by atoms with Gasteiger partial charge in [-0.2, -0.15) is 0 Å². The number of hydrogen-bond donors (Lipinski definition) is 2. The van der Waals surface area contributed by atoms with Crippen LogP contribution in [0.2, 0.25) is 10.0 Å². The number of amides is 2. The molecular formula is C22H25Cl2N5O2S. The van der Waals surface area contributed by atoms with Crippen LogP contribution >= 0.6 is 35.0 Å². The predicted octanol–water partition coefficient (Wildman–Crippen LogP) is 5.47. The van der Waals surface area contributed by atoms with Crippen molar-refractivity contribution < 1.29 is 9.53 Å². The number of ether oxygens (including phenoxy) is 1. The number of nitrogens with one attached hydrogen (secondary N) is 2. The van der Waals surface area contributed by atoms with Gasteiger partial charge >= 0.3 is 6.03 Å². The number of methoxy groups -OCH3 is 1. The number of rotatable bonds is 10. The predicted molar refractivity (Wildman–Crippen MR) is 129 cm³/mol. The van der Waals surface area contributed by atoms with Gasteiger partial charge in [0.15, 0.2) is 11.0 Å². The van der Waals surface area contributed by atoms with Crippen molar-refractivity contribution in [1.29, 1.82) is 0 Å². The molecule has 0 bridgehead atoms. The first-order valence-electron chi connectivity index (χ1n) is 10.2. The van der Waals surface area contributed by atoms with E-state index in [1.807, 2.05) is 28.8 Å². The maximum atomic E-state index is 12.1. The van der Waals surface area contributed by atoms with E-state index in [4.69, 9.17) is 27.9 Å². The number of benzene rings is 2. The number of carbonyl (C=O) groups is 1. The highest BCUT2D eigenvalue weighted by molar-refractivity contribution is 7.98. The molecule has 0 aliphatic rings. The molecule has 2 N–H and O–H groups in total. The van der Waals surface area contributed by atoms with Crippen molar-refractivity contribution in [2.24, 2.45) is 0 Å². The lowest BCUT2D eigenvalue weighted by atomic mass is 10.2. The summed E-state index contributed by atoms with van der Waals surface area (Å²) in [6, 6.07) is 12.8. The van der Waals surface area contributed by atoms with Gasteiger partial charge in [0.25, 0.3) is 0 Å². The van der Waals surface area contributed by atoms with Gasteiger partial charge in [-0.25, -0.2) is 4.79 Å². The molecule has 7 nitrogen and oxygen atoms in total. The first-order valence-corrected chi connectivity index (χ1v) is 11.9. The van der Waals surface area contributed by atoms with E-state index in [-0.39, 0.29) is 12.6 Å². The van der Waals surface area contributed by atoms with Crippen LogP contribution in [0.1, 0.15) is 31.2 Å². The van der Waals surface area contributed by atoms with Gasteiger partial charge in [-0.15, -0.1) is 10.2 Å². The van der Waals surface area contributed by atoms with Crippen LogP contribution in [-0.2, 0) is 12.3 Å². The Hall–Kier alpha value is -2.42. The molecule has 0 fully saturated rings. The Balaban J connectivity index is 1.83. The van der Waals surface area contributed by atoms with Gasteiger partial charge in [-0.1, -0.05) is 60.4 Å². The number of aromatic nitrogens is 3. The van der Waals surface area contributed by atoms with Crippen molar-refractivity contribution in [1.82, 2.24) is 25.4 Å². The lowest BCUT2D eigenvalue weighted by Gasteiger charge is -2.13. The second kappa shape index (κ2) is 12.0. The monoisotopic (exact) mass is 493 g/mol. The van der Waals surface area contributed by atoms with E-state index in [1.165, 1.54) is 11.8 Å². The Bertz CT molecular complexity index is 1060. The molecule has 1 aromatic heterocycles. The lowest BCUT2D eigenvalue weighted by Crippen LogP contribution is -2.36. The average molecular weight is 494 g/mol. The fraction of sp³-hybridized carbons (Fsp3) is 0.318. The molecular weight excluding hydrogens is 469 g/mol. The van der Waals surface area contributed by atoms with Crippen LogP contribution in [0.3, 0.4) is 0 Å². The molecule has 10 heteroatoms. The molecule has 32 heavy (non-hydrogen) atoms. The van der Waals surface area contributed by atoms with Crippen molar-refractivity contribution in [2.45, 2.75) is 37.2 Å². The number of unbranched alkanes of at least 4 members (excludes halogenated alkanes) is 1. The minimum Gasteiger partial charge on any atom is -0.497 e. The maximum absolute atomic E-state index is 12.1. The Morgan fingerprint density at radius 2 is 2.00 bits per heavy atom. The van der Waals surface area contributed by atoms with Crippen LogP contribution in [0.15, 0.2) is 47.6 Å². The SMILES string of the molecule is CCCCNC(=O)NCc1nnc(SCc2cccc(OC)c2)n1-c1cc(Cl)ccc1Cl. The van der Waals surface area contributed by atoms with Crippen molar-refractivity contribution in [3.63, 3.8) is 0 Å². The summed E-state index contributed by atoms with van der Waals surface area (Å²) in [5.74, 6) is 1.99. The standard InChI is InChI=1S/C22H25Cl2N5O2S/c1-3-4-10-25-21(30)26-13-20-27-28-22(29(20)19-12-16(23)8-9-18(19)24)32-14-15-6-5-7-17(11-15)31-2/h5-9,11-12H,3-4,10,13-14H2,1-2H3,(H2,25,26,30). The third-order valence-electron chi connectivity index (χ3n) is 4.57. The Morgan fingerprint density at radius 1 is 1.16 bits per heavy atom. The maximum Gasteiger partial charge on any atom is 0.315 e. The zero-order chi connectivity index (χ0) is 22.9. The summed E-state index contributed by atoms with van der Waals surface area (Å²) in [5.41, 5.74) is 1.73. The quantitative estimate of drug-likeness (QED) is 0.288. The number of halogens is 2. The van der Waals surface area contributed by atoms with E-state index in [9.17, 15) is 4.79 Å². The molecule has 0 saturated carbocycles. The molecule has 0 saturated heterocycles. The number of thioether (sulfide) groups is 1. The molecule has 0 unspecified atom stereocenters. The topological polar surface area (TPSA) is 81.1 Å². The third-order valence-corrected chi connectivity index (χ3v) is 6.13. The van der Waals surface area contributed by atoms with Crippen molar-refractivity contribution in [2.75, 3.05) is 13.7 Å². The second-order valence-electron chi connectivity index (χ2n) is 6.93. The number of urea groups is 1. The van der Waals surface area contributed by atoms with E-state index in [2.05, 4.69) is 27.8 Å². The van der Waals surface area contributed by atoms with E-state index < -0.39 is 0 Å². The Labute approximate surface area is 201 Å². The Kier molecular flexibility index (Phi) is 9.08. The highest BCUT2D eigenvalue weighted by atomic mass is 35.5. The molecule has 2 aromatic carbocycles. The largest absolute Gasteiger partial charge is 0.497 e. The van der Waals surface area contributed by atoms with E-state index in [1.54, 1.807) is 25.3 Å². The van der Waals surface area contributed by atoms with Crippen molar-refractivity contribution in [3.8, 4) is 11.4 Å². The Morgan fingerprint density at radius 3 is 2.78 bits per heavy atom. The summed E-state index contributed by atoms with van der Waals surface area (Å²) in [6.45, 7) is 2.88. The van der Waals surface area contributed by atoms with Crippen LogP contribution < -0.4 is 15.4 Å². The highest BCUT2D eigenvalue weighted by Gasteiger charge is 2.18. The van der Waals surface area contributed by atoms with Gasteiger partial charge in [0.1, 0.15) is 5.75 Å². The van der Waals surface area contributed by atoms with Crippen LogP contribution in [0.25, 0.3) is 5.69 Å². The smallest absolute Gasteiger partial charge is 0.315 e. The number of nitrogens with zero attached hydrogens (tertiary/aromatic N) is 3. The molecule has 3 aromatic rings. The summed E-state index contributed by atoms with van der Waals surface area (Å²) in [6.07, 6.45) is 1.93. The molecule has 2 amide bonds. The minimum absolute atomic E-state index is 0.188. The first kappa shape index (κ1) is 24.2. The fourth-order valence-electron chi connectivity index (χ4n) is 2.92. The summed E-state index contributed by atoms with van der Waals surface area (Å²) in [5, 5.41) is 16.0. The number of carbonyl (C=O) groups excluding carboxylic acids is 1. The zero-order valence-corrected chi connectivity index (χ0v) is 20.2. The van der Waals surface area contributed by atoms with Crippen LogP contribution in [-0.4, -0.2) is 34.5 Å². The van der Waals surface area contributed by atoms with Crippen LogP contribution in [0.4, 0.5) is 4.79 Å². The highest BCUT2D eigenvalue weighted by Crippen LogP contribution is 2.31. The molecule has 0 atom stereocenters. The summed E-state index contributed by atoms with van der Waals surface area (Å²) in [4.78, 5) is 12.1. The van der Waals surface area contributed by atoms with E-state index in [0.717, 1.165) is 24.2 Å². The minimum atomic E-state index is -0.254. The summed E-state index contributed by atoms with van der Waals surface area (Å²) in [7, 11) is 1.64. The lowest BCUT2D eigenvalue weighted by molar-refractivity contribution is 0.240. The van der Waals surface area contributed by atoms with Crippen LogP contribution in [0.5, 0.6) is 5.75 Å². The molecule has 170 valence electrons. The van der Waals surface area contributed by atoms with Gasteiger partial charge in [-0.05, 0) is 42.3 Å². The van der Waals surface area contributed by atoms with E-state index >= 15 is 0 Å². The molecule has 3 rings (SSSR count). The fourth-order valence-corrected chi connectivity index (χ4v) is 4.19. The van der Waals surface area contributed by atoms with Gasteiger partial charge in [0.05, 0.1) is 24.4 Å². The molecule has 1 heterocycles. The van der Waals surface area contributed by atoms with Gasteiger partial charge in [0.2, 0.25) is 0 Å². The van der Waals surface area contributed by atoms with Gasteiger partial charge < -0.3 is 15.4 Å². The van der Waals surface area contributed by atoms with Crippen molar-refractivity contribution in [3.05, 3.63) is 63.9 Å². The average Bonchev–Trinajstić information content (AvgIpc) is 3.20. The normalized spacial score (nSPS) is 10.8. The number of hydrogen-bond acceptors (Lipinski definition) is 5. The van der Waals surface area contributed by atoms with Gasteiger partial charge in [-0.3, -0.25) is 4.57 Å². The summed E-state index contributed by atoms with van der Waals surface area (Å²) >= 11 is 14.2. The van der Waals surface area contributed by atoms with Crippen LogP contribution in [0, 0.1) is 0 Å². The molecule has 0 aliphatic carbocycles. The molecule has 0 spiro atoms. The first-order chi connectivity index (χ1) is 15.5. The molecule has 0 aliphatic heterocycles.